The first-order valence-electron chi connectivity index (χ1n) is 8.44. The zero-order valence-electron chi connectivity index (χ0n) is 14.4. The summed E-state index contributed by atoms with van der Waals surface area (Å²) in [6.07, 6.45) is -4.50. The van der Waals surface area contributed by atoms with Gasteiger partial charge in [-0.15, -0.1) is 13.2 Å². The van der Waals surface area contributed by atoms with Crippen molar-refractivity contribution < 1.29 is 27.2 Å². The molecule has 1 fully saturated rings. The Kier molecular flexibility index (Phi) is 4.50. The summed E-state index contributed by atoms with van der Waals surface area (Å²) >= 11 is 0. The summed E-state index contributed by atoms with van der Waals surface area (Å²) in [6.45, 7) is 0.419. The van der Waals surface area contributed by atoms with Crippen LogP contribution in [0, 0.1) is 0 Å². The van der Waals surface area contributed by atoms with Crippen molar-refractivity contribution >= 4 is 11.6 Å². The van der Waals surface area contributed by atoms with Crippen LogP contribution in [0.3, 0.4) is 0 Å². The van der Waals surface area contributed by atoms with E-state index in [4.69, 9.17) is 4.52 Å². The van der Waals surface area contributed by atoms with Crippen molar-refractivity contribution in [3.05, 3.63) is 60.5 Å². The number of aromatic nitrogens is 2. The predicted octanol–water partition coefficient (Wildman–Crippen LogP) is 4.16. The number of para-hydroxylation sites is 1. The Morgan fingerprint density at radius 2 is 1.79 bits per heavy atom. The summed E-state index contributed by atoms with van der Waals surface area (Å²) in [7, 11) is 0. The van der Waals surface area contributed by atoms with E-state index in [2.05, 4.69) is 14.9 Å². The van der Waals surface area contributed by atoms with Gasteiger partial charge in [0.2, 0.25) is 17.6 Å². The number of hydrogen-bond donors (Lipinski definition) is 0. The smallest absolute Gasteiger partial charge is 0.406 e. The number of alkyl halides is 3. The largest absolute Gasteiger partial charge is 0.573 e. The highest BCUT2D eigenvalue weighted by molar-refractivity contribution is 5.96. The van der Waals surface area contributed by atoms with Crippen molar-refractivity contribution in [1.29, 1.82) is 0 Å². The van der Waals surface area contributed by atoms with E-state index in [1.807, 2.05) is 30.3 Å². The lowest BCUT2D eigenvalue weighted by molar-refractivity contribution is -0.274. The Labute approximate surface area is 157 Å². The van der Waals surface area contributed by atoms with Crippen LogP contribution in [-0.2, 0) is 4.79 Å². The first-order chi connectivity index (χ1) is 13.4. The summed E-state index contributed by atoms with van der Waals surface area (Å²) < 4.78 is 45.8. The summed E-state index contributed by atoms with van der Waals surface area (Å²) in [4.78, 5) is 18.3. The molecule has 1 saturated heterocycles. The Balaban J connectivity index is 1.48. The molecule has 0 N–H and O–H groups in total. The maximum Gasteiger partial charge on any atom is 0.573 e. The highest BCUT2D eigenvalue weighted by Gasteiger charge is 2.35. The first-order valence-corrected chi connectivity index (χ1v) is 8.44. The average molecular weight is 389 g/mol. The molecule has 9 heteroatoms. The number of hydrogen-bond acceptors (Lipinski definition) is 5. The number of carbonyl (C=O) groups excluding carboxylic acids is 1. The molecule has 1 atom stereocenters. The molecule has 3 aromatic rings. The third-order valence-electron chi connectivity index (χ3n) is 4.33. The number of ether oxygens (including phenoxy) is 1. The number of carbonyl (C=O) groups is 1. The van der Waals surface area contributed by atoms with Gasteiger partial charge in [0.05, 0.1) is 5.92 Å². The Bertz CT molecular complexity index is 971. The van der Waals surface area contributed by atoms with Crippen molar-refractivity contribution in [2.45, 2.75) is 18.7 Å². The van der Waals surface area contributed by atoms with Crippen LogP contribution in [0.2, 0.25) is 0 Å². The molecule has 6 nitrogen and oxygen atoms in total. The molecule has 4 rings (SSSR count). The van der Waals surface area contributed by atoms with E-state index in [0.717, 1.165) is 5.69 Å². The molecule has 0 bridgehead atoms. The van der Waals surface area contributed by atoms with Gasteiger partial charge in [0.25, 0.3) is 0 Å². The van der Waals surface area contributed by atoms with Crippen LogP contribution in [0.1, 0.15) is 18.2 Å². The van der Waals surface area contributed by atoms with Gasteiger partial charge >= 0.3 is 6.36 Å². The number of benzene rings is 2. The van der Waals surface area contributed by atoms with E-state index >= 15 is 0 Å². The standard InChI is InChI=1S/C19H14F3N3O3/c20-19(21,22)27-15-8-6-12(7-9-15)17-23-18(28-24-17)13-10-16(26)25(11-13)14-4-2-1-3-5-14/h1-9,13H,10-11H2. The van der Waals surface area contributed by atoms with Crippen molar-refractivity contribution in [3.63, 3.8) is 0 Å². The molecule has 1 amide bonds. The minimum absolute atomic E-state index is 0.0374. The number of anilines is 1. The van der Waals surface area contributed by atoms with Crippen molar-refractivity contribution in [1.82, 2.24) is 10.1 Å². The van der Waals surface area contributed by atoms with Crippen LogP contribution in [-0.4, -0.2) is 29.0 Å². The second-order valence-electron chi connectivity index (χ2n) is 6.27. The van der Waals surface area contributed by atoms with E-state index < -0.39 is 6.36 Å². The monoisotopic (exact) mass is 389 g/mol. The van der Waals surface area contributed by atoms with Crippen molar-refractivity contribution in [2.75, 3.05) is 11.4 Å². The van der Waals surface area contributed by atoms with E-state index in [1.165, 1.54) is 24.3 Å². The van der Waals surface area contributed by atoms with Gasteiger partial charge in [-0.1, -0.05) is 23.4 Å². The number of nitrogens with zero attached hydrogens (tertiary/aromatic N) is 3. The highest BCUT2D eigenvalue weighted by Crippen LogP contribution is 2.32. The molecular formula is C19H14F3N3O3. The number of rotatable bonds is 4. The normalized spacial score (nSPS) is 17.2. The topological polar surface area (TPSA) is 68.5 Å². The van der Waals surface area contributed by atoms with Crippen LogP contribution in [0.25, 0.3) is 11.4 Å². The molecule has 144 valence electrons. The second-order valence-corrected chi connectivity index (χ2v) is 6.27. The minimum atomic E-state index is -4.75. The van der Waals surface area contributed by atoms with E-state index in [1.54, 1.807) is 4.90 Å². The maximum atomic E-state index is 12.3. The fourth-order valence-electron chi connectivity index (χ4n) is 3.05. The van der Waals surface area contributed by atoms with Gasteiger partial charge in [-0.2, -0.15) is 4.98 Å². The molecule has 1 unspecified atom stereocenters. The number of amides is 1. The molecule has 28 heavy (non-hydrogen) atoms. The quantitative estimate of drug-likeness (QED) is 0.670. The van der Waals surface area contributed by atoms with Crippen molar-refractivity contribution in [3.8, 4) is 17.1 Å². The first kappa shape index (κ1) is 18.0. The SMILES string of the molecule is O=C1CC(c2nc(-c3ccc(OC(F)(F)F)cc3)no2)CN1c1ccccc1. The van der Waals surface area contributed by atoms with Gasteiger partial charge in [-0.05, 0) is 36.4 Å². The lowest BCUT2D eigenvalue weighted by Crippen LogP contribution is -2.24. The molecule has 1 aliphatic rings. The van der Waals surface area contributed by atoms with Gasteiger partial charge in [-0.25, -0.2) is 0 Å². The average Bonchev–Trinajstić information content (AvgIpc) is 3.29. The van der Waals surface area contributed by atoms with Crippen LogP contribution in [0.5, 0.6) is 5.75 Å². The fraction of sp³-hybridized carbons (Fsp3) is 0.211. The summed E-state index contributed by atoms with van der Waals surface area (Å²) in [6, 6.07) is 14.5. The third kappa shape index (κ3) is 3.83. The van der Waals surface area contributed by atoms with E-state index in [9.17, 15) is 18.0 Å². The molecule has 0 saturated carbocycles. The molecule has 0 radical (unpaired) electrons. The summed E-state index contributed by atoms with van der Waals surface area (Å²) in [5.41, 5.74) is 1.28. The van der Waals surface area contributed by atoms with E-state index in [-0.39, 0.29) is 29.8 Å². The van der Waals surface area contributed by atoms with E-state index in [0.29, 0.717) is 18.0 Å². The Morgan fingerprint density at radius 1 is 1.07 bits per heavy atom. The summed E-state index contributed by atoms with van der Waals surface area (Å²) in [5, 5.41) is 3.88. The third-order valence-corrected chi connectivity index (χ3v) is 4.33. The minimum Gasteiger partial charge on any atom is -0.406 e. The van der Waals surface area contributed by atoms with Gasteiger partial charge in [0.1, 0.15) is 5.75 Å². The molecule has 2 heterocycles. The molecule has 2 aromatic carbocycles. The van der Waals surface area contributed by atoms with Gasteiger partial charge < -0.3 is 14.2 Å². The van der Waals surface area contributed by atoms with Crippen LogP contribution < -0.4 is 9.64 Å². The van der Waals surface area contributed by atoms with Crippen LogP contribution >= 0.6 is 0 Å². The predicted molar refractivity (Wildman–Crippen MR) is 92.6 cm³/mol. The van der Waals surface area contributed by atoms with Crippen molar-refractivity contribution in [2.24, 2.45) is 0 Å². The second kappa shape index (κ2) is 6.99. The Hall–Kier alpha value is -3.36. The number of halogens is 3. The van der Waals surface area contributed by atoms with Gasteiger partial charge in [-0.3, -0.25) is 4.79 Å². The molecule has 1 aliphatic heterocycles. The lowest BCUT2D eigenvalue weighted by Gasteiger charge is -2.15. The van der Waals surface area contributed by atoms with Crippen LogP contribution in [0.15, 0.2) is 59.1 Å². The van der Waals surface area contributed by atoms with Gasteiger partial charge in [0, 0.05) is 24.2 Å². The fourth-order valence-corrected chi connectivity index (χ4v) is 3.05. The molecule has 0 aliphatic carbocycles. The lowest BCUT2D eigenvalue weighted by atomic mass is 10.1. The molecule has 0 spiro atoms. The summed E-state index contributed by atoms with van der Waals surface area (Å²) in [5.74, 6) is -0.0668. The Morgan fingerprint density at radius 3 is 2.46 bits per heavy atom. The molecule has 1 aromatic heterocycles. The molecular weight excluding hydrogens is 375 g/mol. The zero-order valence-corrected chi connectivity index (χ0v) is 14.4. The maximum absolute atomic E-state index is 12.3. The van der Waals surface area contributed by atoms with Crippen LogP contribution in [0.4, 0.5) is 18.9 Å². The highest BCUT2D eigenvalue weighted by atomic mass is 19.4. The zero-order chi connectivity index (χ0) is 19.7. The van der Waals surface area contributed by atoms with Gasteiger partial charge in [0.15, 0.2) is 0 Å².